The number of nitrogens with one attached hydrogen (secondary N) is 2. The van der Waals surface area contributed by atoms with Crippen LogP contribution in [0.5, 0.6) is 0 Å². The number of hydrogen-bond acceptors (Lipinski definition) is 2. The Hall–Kier alpha value is -1.35. The lowest BCUT2D eigenvalue weighted by Gasteiger charge is -2.15. The number of amides is 1. The first-order chi connectivity index (χ1) is 9.17. The number of carbonyl (C=O) groups is 1. The molecule has 2 N–H and O–H groups in total. The summed E-state index contributed by atoms with van der Waals surface area (Å²) in [5, 5.41) is 6.27. The van der Waals surface area contributed by atoms with E-state index in [0.29, 0.717) is 11.8 Å². The van der Waals surface area contributed by atoms with Crippen molar-refractivity contribution in [3.63, 3.8) is 0 Å². The summed E-state index contributed by atoms with van der Waals surface area (Å²) in [6.45, 7) is 3.94. The lowest BCUT2D eigenvalue weighted by Crippen LogP contribution is -2.35. The zero-order valence-corrected chi connectivity index (χ0v) is 12.0. The van der Waals surface area contributed by atoms with Crippen molar-refractivity contribution >= 4 is 5.91 Å². The van der Waals surface area contributed by atoms with E-state index in [1.165, 1.54) is 18.4 Å². The van der Waals surface area contributed by atoms with Crippen molar-refractivity contribution in [2.75, 3.05) is 20.1 Å². The molecular weight excluding hydrogens is 236 g/mol. The third-order valence-electron chi connectivity index (χ3n) is 3.97. The molecule has 0 atom stereocenters. The molecule has 1 fully saturated rings. The number of benzene rings is 1. The van der Waals surface area contributed by atoms with Gasteiger partial charge in [0.15, 0.2) is 0 Å². The van der Waals surface area contributed by atoms with Crippen LogP contribution in [0, 0.1) is 5.41 Å². The first-order valence-corrected chi connectivity index (χ1v) is 7.16. The highest BCUT2D eigenvalue weighted by Gasteiger charge is 2.41. The average molecular weight is 260 g/mol. The molecule has 3 heteroatoms. The molecule has 3 nitrogen and oxygen atoms in total. The van der Waals surface area contributed by atoms with E-state index in [9.17, 15) is 4.79 Å². The van der Waals surface area contributed by atoms with Crippen LogP contribution in [-0.2, 0) is 17.6 Å². The van der Waals surface area contributed by atoms with E-state index < -0.39 is 0 Å². The predicted octanol–water partition coefficient (Wildman–Crippen LogP) is 1.91. The van der Waals surface area contributed by atoms with Crippen LogP contribution in [0.15, 0.2) is 24.3 Å². The molecule has 1 aliphatic rings. The second-order valence-electron chi connectivity index (χ2n) is 5.65. The molecule has 1 aromatic carbocycles. The van der Waals surface area contributed by atoms with Gasteiger partial charge in [0.25, 0.3) is 0 Å². The standard InChI is InChI=1S/C16H24N2O/c1-3-13-4-6-14(7-5-13)10-15(19)18-12-16(8-9-16)11-17-2/h4-7,17H,3,8-12H2,1-2H3,(H,18,19). The van der Waals surface area contributed by atoms with E-state index in [4.69, 9.17) is 0 Å². The van der Waals surface area contributed by atoms with Gasteiger partial charge in [0.2, 0.25) is 5.91 Å². The van der Waals surface area contributed by atoms with Gasteiger partial charge >= 0.3 is 0 Å². The van der Waals surface area contributed by atoms with Gasteiger partial charge in [-0.15, -0.1) is 0 Å². The lowest BCUT2D eigenvalue weighted by molar-refractivity contribution is -0.120. The van der Waals surface area contributed by atoms with Gasteiger partial charge in [-0.05, 0) is 37.4 Å². The van der Waals surface area contributed by atoms with E-state index >= 15 is 0 Å². The molecule has 19 heavy (non-hydrogen) atoms. The summed E-state index contributed by atoms with van der Waals surface area (Å²) < 4.78 is 0. The molecule has 0 bridgehead atoms. The fraction of sp³-hybridized carbons (Fsp3) is 0.562. The number of aryl methyl sites for hydroxylation is 1. The summed E-state index contributed by atoms with van der Waals surface area (Å²) in [5.41, 5.74) is 2.74. The maximum absolute atomic E-state index is 11.9. The third kappa shape index (κ3) is 4.06. The molecular formula is C16H24N2O. The van der Waals surface area contributed by atoms with Crippen molar-refractivity contribution in [1.29, 1.82) is 0 Å². The summed E-state index contributed by atoms with van der Waals surface area (Å²) >= 11 is 0. The van der Waals surface area contributed by atoms with Crippen LogP contribution in [0.4, 0.5) is 0 Å². The summed E-state index contributed by atoms with van der Waals surface area (Å²) in [4.78, 5) is 11.9. The SMILES string of the molecule is CCc1ccc(CC(=O)NCC2(CNC)CC2)cc1. The third-order valence-corrected chi connectivity index (χ3v) is 3.97. The highest BCUT2D eigenvalue weighted by atomic mass is 16.1. The second-order valence-corrected chi connectivity index (χ2v) is 5.65. The highest BCUT2D eigenvalue weighted by Crippen LogP contribution is 2.44. The molecule has 0 heterocycles. The van der Waals surface area contributed by atoms with E-state index in [1.807, 2.05) is 7.05 Å². The van der Waals surface area contributed by atoms with Gasteiger partial charge in [0.1, 0.15) is 0 Å². The Morgan fingerprint density at radius 2 is 1.79 bits per heavy atom. The topological polar surface area (TPSA) is 41.1 Å². The molecule has 1 saturated carbocycles. The molecule has 1 aliphatic carbocycles. The molecule has 0 unspecified atom stereocenters. The van der Waals surface area contributed by atoms with Crippen molar-refractivity contribution in [2.45, 2.75) is 32.6 Å². The van der Waals surface area contributed by atoms with E-state index in [-0.39, 0.29) is 5.91 Å². The minimum atomic E-state index is 0.131. The largest absolute Gasteiger partial charge is 0.355 e. The fourth-order valence-corrected chi connectivity index (χ4v) is 2.39. The van der Waals surface area contributed by atoms with Gasteiger partial charge < -0.3 is 10.6 Å². The van der Waals surface area contributed by atoms with Crippen LogP contribution < -0.4 is 10.6 Å². The Morgan fingerprint density at radius 3 is 2.32 bits per heavy atom. The molecule has 0 aliphatic heterocycles. The molecule has 1 amide bonds. The van der Waals surface area contributed by atoms with Gasteiger partial charge in [-0.1, -0.05) is 31.2 Å². The predicted molar refractivity (Wildman–Crippen MR) is 78.1 cm³/mol. The maximum Gasteiger partial charge on any atom is 0.224 e. The first-order valence-electron chi connectivity index (χ1n) is 7.16. The minimum absolute atomic E-state index is 0.131. The van der Waals surface area contributed by atoms with Crippen LogP contribution in [0.2, 0.25) is 0 Å². The van der Waals surface area contributed by atoms with E-state index in [2.05, 4.69) is 41.8 Å². The van der Waals surface area contributed by atoms with Crippen LogP contribution >= 0.6 is 0 Å². The second kappa shape index (κ2) is 6.20. The fourth-order valence-electron chi connectivity index (χ4n) is 2.39. The highest BCUT2D eigenvalue weighted by molar-refractivity contribution is 5.78. The molecule has 104 valence electrons. The average Bonchev–Trinajstić information content (AvgIpc) is 3.18. The summed E-state index contributed by atoms with van der Waals surface area (Å²) in [6.07, 6.45) is 3.97. The van der Waals surface area contributed by atoms with E-state index in [0.717, 1.165) is 25.1 Å². The van der Waals surface area contributed by atoms with Crippen LogP contribution in [-0.4, -0.2) is 26.0 Å². The molecule has 1 aromatic rings. The number of hydrogen-bond donors (Lipinski definition) is 2. The maximum atomic E-state index is 11.9. The lowest BCUT2D eigenvalue weighted by atomic mass is 10.1. The van der Waals surface area contributed by atoms with Gasteiger partial charge in [0.05, 0.1) is 6.42 Å². The van der Waals surface area contributed by atoms with E-state index in [1.54, 1.807) is 0 Å². The summed E-state index contributed by atoms with van der Waals surface area (Å²) in [7, 11) is 1.97. The molecule has 2 rings (SSSR count). The Labute approximate surface area is 115 Å². The molecule has 0 saturated heterocycles. The van der Waals surface area contributed by atoms with Gasteiger partial charge in [-0.2, -0.15) is 0 Å². The van der Waals surface area contributed by atoms with Gasteiger partial charge in [-0.25, -0.2) is 0 Å². The molecule has 0 aromatic heterocycles. The quantitative estimate of drug-likeness (QED) is 0.786. The monoisotopic (exact) mass is 260 g/mol. The molecule has 0 spiro atoms. The van der Waals surface area contributed by atoms with Gasteiger partial charge in [-0.3, -0.25) is 4.79 Å². The Kier molecular flexibility index (Phi) is 4.59. The Morgan fingerprint density at radius 1 is 1.16 bits per heavy atom. The van der Waals surface area contributed by atoms with Gasteiger partial charge in [0, 0.05) is 18.5 Å². The van der Waals surface area contributed by atoms with Crippen LogP contribution in [0.3, 0.4) is 0 Å². The Bertz CT molecular complexity index is 421. The summed E-state index contributed by atoms with van der Waals surface area (Å²) in [6, 6.07) is 8.32. The van der Waals surface area contributed by atoms with Crippen LogP contribution in [0.1, 0.15) is 30.9 Å². The number of rotatable bonds is 7. The van der Waals surface area contributed by atoms with Crippen LogP contribution in [0.25, 0.3) is 0 Å². The minimum Gasteiger partial charge on any atom is -0.355 e. The smallest absolute Gasteiger partial charge is 0.224 e. The van der Waals surface area contributed by atoms with Crippen molar-refractivity contribution < 1.29 is 4.79 Å². The van der Waals surface area contributed by atoms with Crippen molar-refractivity contribution in [1.82, 2.24) is 10.6 Å². The van der Waals surface area contributed by atoms with Crippen molar-refractivity contribution in [3.05, 3.63) is 35.4 Å². The van der Waals surface area contributed by atoms with Crippen molar-refractivity contribution in [3.8, 4) is 0 Å². The Balaban J connectivity index is 1.77. The zero-order chi connectivity index (χ0) is 13.7. The van der Waals surface area contributed by atoms with Crippen molar-refractivity contribution in [2.24, 2.45) is 5.41 Å². The zero-order valence-electron chi connectivity index (χ0n) is 12.0. The normalized spacial score (nSPS) is 16.1. The number of carbonyl (C=O) groups excluding carboxylic acids is 1. The first kappa shape index (κ1) is 14.1. The molecule has 0 radical (unpaired) electrons. The summed E-state index contributed by atoms with van der Waals surface area (Å²) in [5.74, 6) is 0.131.